The Morgan fingerprint density at radius 2 is 2.10 bits per heavy atom. The zero-order chi connectivity index (χ0) is 15.7. The van der Waals surface area contributed by atoms with Crippen molar-refractivity contribution >= 4 is 0 Å². The van der Waals surface area contributed by atoms with Gasteiger partial charge in [-0.1, -0.05) is 20.8 Å². The second kappa shape index (κ2) is 9.78. The first-order chi connectivity index (χ1) is 10.0. The van der Waals surface area contributed by atoms with Crippen LogP contribution in [0.15, 0.2) is 0 Å². The van der Waals surface area contributed by atoms with E-state index in [2.05, 4.69) is 37.9 Å². The van der Waals surface area contributed by atoms with E-state index in [1.54, 1.807) is 7.11 Å². The molecule has 2 unspecified atom stereocenters. The minimum Gasteiger partial charge on any atom is -0.383 e. The zero-order valence-corrected chi connectivity index (χ0v) is 14.8. The average Bonchev–Trinajstić information content (AvgIpc) is 2.45. The lowest BCUT2D eigenvalue weighted by Crippen LogP contribution is -2.52. The SMILES string of the molecule is CCN(CC1(CNCC(C)C)CCCOC1)C(C)COC. The Hall–Kier alpha value is -0.160. The van der Waals surface area contributed by atoms with E-state index in [-0.39, 0.29) is 5.41 Å². The van der Waals surface area contributed by atoms with Crippen molar-refractivity contribution < 1.29 is 9.47 Å². The van der Waals surface area contributed by atoms with Gasteiger partial charge < -0.3 is 14.8 Å². The van der Waals surface area contributed by atoms with E-state index in [0.717, 1.165) is 46.0 Å². The van der Waals surface area contributed by atoms with Crippen molar-refractivity contribution in [3.63, 3.8) is 0 Å². The number of hydrogen-bond donors (Lipinski definition) is 1. The van der Waals surface area contributed by atoms with Gasteiger partial charge >= 0.3 is 0 Å². The molecular formula is C17H36N2O2. The van der Waals surface area contributed by atoms with Gasteiger partial charge in [-0.2, -0.15) is 0 Å². The van der Waals surface area contributed by atoms with Gasteiger partial charge in [0.05, 0.1) is 13.2 Å². The third kappa shape index (κ3) is 6.64. The lowest BCUT2D eigenvalue weighted by Gasteiger charge is -2.42. The molecule has 0 aromatic heterocycles. The normalized spacial score (nSPS) is 24.7. The molecule has 0 spiro atoms. The molecule has 0 amide bonds. The molecule has 1 aliphatic heterocycles. The summed E-state index contributed by atoms with van der Waals surface area (Å²) in [6.07, 6.45) is 2.44. The molecule has 4 nitrogen and oxygen atoms in total. The Bertz CT molecular complexity index is 266. The van der Waals surface area contributed by atoms with E-state index in [1.165, 1.54) is 12.8 Å². The van der Waals surface area contributed by atoms with Gasteiger partial charge in [-0.25, -0.2) is 0 Å². The summed E-state index contributed by atoms with van der Waals surface area (Å²) in [6.45, 7) is 15.9. The summed E-state index contributed by atoms with van der Waals surface area (Å²) in [6, 6.07) is 0.462. The van der Waals surface area contributed by atoms with Crippen LogP contribution < -0.4 is 5.32 Å². The Labute approximate surface area is 131 Å². The van der Waals surface area contributed by atoms with E-state index >= 15 is 0 Å². The second-order valence-corrected chi connectivity index (χ2v) is 7.05. The van der Waals surface area contributed by atoms with Gasteiger partial charge in [-0.15, -0.1) is 0 Å². The van der Waals surface area contributed by atoms with Gasteiger partial charge in [-0.05, 0) is 38.8 Å². The Kier molecular flexibility index (Phi) is 8.79. The predicted octanol–water partition coefficient (Wildman–Crippen LogP) is 2.39. The molecule has 0 aliphatic carbocycles. The summed E-state index contributed by atoms with van der Waals surface area (Å²) in [5.41, 5.74) is 0.255. The number of rotatable bonds is 10. The summed E-state index contributed by atoms with van der Waals surface area (Å²) in [7, 11) is 1.79. The van der Waals surface area contributed by atoms with Gasteiger partial charge in [0.25, 0.3) is 0 Å². The van der Waals surface area contributed by atoms with Crippen LogP contribution in [0.5, 0.6) is 0 Å². The van der Waals surface area contributed by atoms with Crippen LogP contribution in [0.4, 0.5) is 0 Å². The minimum atomic E-state index is 0.255. The molecule has 1 saturated heterocycles. The van der Waals surface area contributed by atoms with E-state index in [4.69, 9.17) is 9.47 Å². The highest BCUT2D eigenvalue weighted by molar-refractivity contribution is 4.88. The van der Waals surface area contributed by atoms with Crippen LogP contribution >= 0.6 is 0 Å². The Balaban J connectivity index is 2.62. The van der Waals surface area contributed by atoms with Crippen molar-refractivity contribution in [2.24, 2.45) is 11.3 Å². The van der Waals surface area contributed by atoms with Crippen LogP contribution in [0.3, 0.4) is 0 Å². The maximum Gasteiger partial charge on any atom is 0.0615 e. The van der Waals surface area contributed by atoms with Gasteiger partial charge in [0.15, 0.2) is 0 Å². The quantitative estimate of drug-likeness (QED) is 0.672. The van der Waals surface area contributed by atoms with Crippen molar-refractivity contribution in [3.8, 4) is 0 Å². The van der Waals surface area contributed by atoms with Crippen molar-refractivity contribution in [3.05, 3.63) is 0 Å². The summed E-state index contributed by atoms with van der Waals surface area (Å²) in [5.74, 6) is 0.696. The number of nitrogens with zero attached hydrogens (tertiary/aromatic N) is 1. The fourth-order valence-corrected chi connectivity index (χ4v) is 3.21. The number of nitrogens with one attached hydrogen (secondary N) is 1. The van der Waals surface area contributed by atoms with Gasteiger partial charge in [0.2, 0.25) is 0 Å². The lowest BCUT2D eigenvalue weighted by atomic mass is 9.81. The molecule has 0 bridgehead atoms. The Morgan fingerprint density at radius 3 is 2.62 bits per heavy atom. The van der Waals surface area contributed by atoms with Gasteiger partial charge in [0.1, 0.15) is 0 Å². The van der Waals surface area contributed by atoms with Crippen molar-refractivity contribution in [2.75, 3.05) is 53.1 Å². The molecule has 1 rings (SSSR count). The number of methoxy groups -OCH3 is 1. The van der Waals surface area contributed by atoms with Crippen molar-refractivity contribution in [1.82, 2.24) is 10.2 Å². The third-order valence-corrected chi connectivity index (χ3v) is 4.43. The first-order valence-corrected chi connectivity index (χ1v) is 8.54. The molecule has 0 aromatic carbocycles. The maximum atomic E-state index is 5.83. The zero-order valence-electron chi connectivity index (χ0n) is 14.8. The summed E-state index contributed by atoms with van der Waals surface area (Å²) < 4.78 is 11.2. The smallest absolute Gasteiger partial charge is 0.0615 e. The first-order valence-electron chi connectivity index (χ1n) is 8.54. The fourth-order valence-electron chi connectivity index (χ4n) is 3.21. The van der Waals surface area contributed by atoms with Crippen LogP contribution in [0.2, 0.25) is 0 Å². The molecule has 21 heavy (non-hydrogen) atoms. The fraction of sp³-hybridized carbons (Fsp3) is 1.00. The molecule has 2 atom stereocenters. The second-order valence-electron chi connectivity index (χ2n) is 7.05. The molecule has 4 heteroatoms. The maximum absolute atomic E-state index is 5.83. The van der Waals surface area contributed by atoms with Crippen LogP contribution in [-0.2, 0) is 9.47 Å². The van der Waals surface area contributed by atoms with E-state index < -0.39 is 0 Å². The Morgan fingerprint density at radius 1 is 1.33 bits per heavy atom. The van der Waals surface area contributed by atoms with Gasteiger partial charge in [-0.3, -0.25) is 4.90 Å². The highest BCUT2D eigenvalue weighted by Crippen LogP contribution is 2.30. The van der Waals surface area contributed by atoms with Crippen molar-refractivity contribution in [1.29, 1.82) is 0 Å². The van der Waals surface area contributed by atoms with Crippen LogP contribution in [0.1, 0.15) is 40.5 Å². The van der Waals surface area contributed by atoms with E-state index in [9.17, 15) is 0 Å². The molecule has 1 fully saturated rings. The third-order valence-electron chi connectivity index (χ3n) is 4.43. The molecule has 0 radical (unpaired) electrons. The number of likely N-dealkylation sites (N-methyl/N-ethyl adjacent to an activating group) is 1. The van der Waals surface area contributed by atoms with Crippen LogP contribution in [0.25, 0.3) is 0 Å². The predicted molar refractivity (Wildman–Crippen MR) is 88.8 cm³/mol. The molecule has 126 valence electrons. The molecular weight excluding hydrogens is 264 g/mol. The molecule has 1 heterocycles. The van der Waals surface area contributed by atoms with Crippen LogP contribution in [-0.4, -0.2) is 64.1 Å². The standard InChI is InChI=1S/C17H36N2O2/c1-6-19(16(4)11-20-5)13-17(8-7-9-21-14-17)12-18-10-15(2)3/h15-16,18H,6-14H2,1-5H3. The largest absolute Gasteiger partial charge is 0.383 e. The molecule has 1 N–H and O–H groups in total. The van der Waals surface area contributed by atoms with E-state index in [1.807, 2.05) is 0 Å². The average molecular weight is 300 g/mol. The number of hydrogen-bond acceptors (Lipinski definition) is 4. The summed E-state index contributed by atoms with van der Waals surface area (Å²) >= 11 is 0. The molecule has 0 saturated carbocycles. The van der Waals surface area contributed by atoms with E-state index in [0.29, 0.717) is 12.0 Å². The minimum absolute atomic E-state index is 0.255. The topological polar surface area (TPSA) is 33.7 Å². The van der Waals surface area contributed by atoms with Crippen LogP contribution in [0, 0.1) is 11.3 Å². The first kappa shape index (κ1) is 18.9. The summed E-state index contributed by atoms with van der Waals surface area (Å²) in [4.78, 5) is 2.54. The van der Waals surface area contributed by atoms with Crippen molar-refractivity contribution in [2.45, 2.75) is 46.6 Å². The summed E-state index contributed by atoms with van der Waals surface area (Å²) in [5, 5.41) is 3.66. The molecule has 1 aliphatic rings. The highest BCUT2D eigenvalue weighted by atomic mass is 16.5. The number of ether oxygens (including phenoxy) is 2. The molecule has 0 aromatic rings. The highest BCUT2D eigenvalue weighted by Gasteiger charge is 2.35. The van der Waals surface area contributed by atoms with Gasteiger partial charge in [0, 0.05) is 38.3 Å². The monoisotopic (exact) mass is 300 g/mol. The lowest BCUT2D eigenvalue weighted by molar-refractivity contribution is -0.0363.